The standard InChI is InChI=1S/C22H28N2O3S2/c25-21(23-19-10-8-18(9-11-19)17-6-2-1-3-7-17)16-20-12-13-22(28-20)29(26,27)24-14-4-5-15-24/h1-3,6-7,12-13,18-19H,4-5,8-11,14-16H2,(H,23,25). The van der Waals surface area contributed by atoms with Crippen LogP contribution in [0.25, 0.3) is 0 Å². The van der Waals surface area contributed by atoms with Gasteiger partial charge in [-0.1, -0.05) is 30.3 Å². The molecule has 1 aromatic heterocycles. The van der Waals surface area contributed by atoms with E-state index in [9.17, 15) is 13.2 Å². The summed E-state index contributed by atoms with van der Waals surface area (Å²) in [6.07, 6.45) is 6.25. The lowest BCUT2D eigenvalue weighted by atomic mass is 9.82. The highest BCUT2D eigenvalue weighted by molar-refractivity contribution is 7.91. The van der Waals surface area contributed by atoms with E-state index >= 15 is 0 Å². The molecule has 0 bridgehead atoms. The Labute approximate surface area is 177 Å². The average molecular weight is 433 g/mol. The Morgan fingerprint density at radius 2 is 1.69 bits per heavy atom. The Kier molecular flexibility index (Phi) is 6.37. The minimum Gasteiger partial charge on any atom is -0.353 e. The van der Waals surface area contributed by atoms with Crippen LogP contribution in [0.3, 0.4) is 0 Å². The summed E-state index contributed by atoms with van der Waals surface area (Å²) in [7, 11) is -3.39. The maximum absolute atomic E-state index is 12.6. The number of hydrogen-bond acceptors (Lipinski definition) is 4. The zero-order chi connectivity index (χ0) is 20.3. The van der Waals surface area contributed by atoms with Gasteiger partial charge in [0.05, 0.1) is 6.42 Å². The van der Waals surface area contributed by atoms with Gasteiger partial charge in [0, 0.05) is 24.0 Å². The molecule has 2 heterocycles. The number of thiophene rings is 1. The van der Waals surface area contributed by atoms with Gasteiger partial charge in [-0.2, -0.15) is 4.31 Å². The van der Waals surface area contributed by atoms with Crippen molar-refractivity contribution in [2.24, 2.45) is 0 Å². The number of amides is 1. The molecule has 0 spiro atoms. The normalized spacial score (nSPS) is 23.2. The van der Waals surface area contributed by atoms with Gasteiger partial charge in [0.25, 0.3) is 10.0 Å². The lowest BCUT2D eigenvalue weighted by Crippen LogP contribution is -2.38. The lowest BCUT2D eigenvalue weighted by molar-refractivity contribution is -0.121. The third kappa shape index (κ3) is 4.90. The molecule has 2 aromatic rings. The van der Waals surface area contributed by atoms with Crippen LogP contribution in [0.15, 0.2) is 46.7 Å². The molecule has 2 fully saturated rings. The number of sulfonamides is 1. The fourth-order valence-corrected chi connectivity index (χ4v) is 7.41. The summed E-state index contributed by atoms with van der Waals surface area (Å²) in [4.78, 5) is 13.3. The molecule has 0 atom stereocenters. The monoisotopic (exact) mass is 432 g/mol. The fourth-order valence-electron chi connectivity index (χ4n) is 4.38. The van der Waals surface area contributed by atoms with E-state index in [4.69, 9.17) is 0 Å². The van der Waals surface area contributed by atoms with Crippen molar-refractivity contribution in [2.45, 2.75) is 61.1 Å². The molecule has 1 saturated heterocycles. The van der Waals surface area contributed by atoms with E-state index in [0.29, 0.717) is 23.2 Å². The Balaban J connectivity index is 1.28. The van der Waals surface area contributed by atoms with E-state index < -0.39 is 10.0 Å². The van der Waals surface area contributed by atoms with Crippen LogP contribution in [-0.2, 0) is 21.2 Å². The summed E-state index contributed by atoms with van der Waals surface area (Å²) in [5, 5.41) is 3.15. The second-order valence-corrected chi connectivity index (χ2v) is 11.4. The third-order valence-electron chi connectivity index (χ3n) is 5.99. The lowest BCUT2D eigenvalue weighted by Gasteiger charge is -2.29. The number of carbonyl (C=O) groups excluding carboxylic acids is 1. The van der Waals surface area contributed by atoms with Gasteiger partial charge in [-0.25, -0.2) is 8.42 Å². The highest BCUT2D eigenvalue weighted by Gasteiger charge is 2.29. The van der Waals surface area contributed by atoms with Crippen LogP contribution in [0, 0.1) is 0 Å². The Morgan fingerprint density at radius 1 is 1.00 bits per heavy atom. The van der Waals surface area contributed by atoms with Crippen LogP contribution < -0.4 is 5.32 Å². The molecular formula is C22H28N2O3S2. The van der Waals surface area contributed by atoms with Crippen LogP contribution in [0.1, 0.15) is 54.9 Å². The molecule has 1 aliphatic heterocycles. The molecule has 1 saturated carbocycles. The van der Waals surface area contributed by atoms with Crippen LogP contribution in [0.5, 0.6) is 0 Å². The highest BCUT2D eigenvalue weighted by Crippen LogP contribution is 2.33. The maximum atomic E-state index is 12.6. The van der Waals surface area contributed by atoms with Crippen LogP contribution in [0.2, 0.25) is 0 Å². The largest absolute Gasteiger partial charge is 0.353 e. The molecule has 29 heavy (non-hydrogen) atoms. The number of carbonyl (C=O) groups is 1. The van der Waals surface area contributed by atoms with Gasteiger partial charge >= 0.3 is 0 Å². The van der Waals surface area contributed by atoms with E-state index in [1.807, 2.05) is 6.07 Å². The third-order valence-corrected chi connectivity index (χ3v) is 9.45. The number of nitrogens with zero attached hydrogens (tertiary/aromatic N) is 1. The summed E-state index contributed by atoms with van der Waals surface area (Å²) in [6, 6.07) is 14.2. The number of benzene rings is 1. The van der Waals surface area contributed by atoms with Crippen molar-refractivity contribution in [2.75, 3.05) is 13.1 Å². The molecule has 156 valence electrons. The van der Waals surface area contributed by atoms with Gasteiger partial charge < -0.3 is 5.32 Å². The minimum absolute atomic E-state index is 0.0138. The molecule has 7 heteroatoms. The van der Waals surface area contributed by atoms with Crippen molar-refractivity contribution in [3.63, 3.8) is 0 Å². The Hall–Kier alpha value is -1.70. The van der Waals surface area contributed by atoms with Gasteiger partial charge in [-0.15, -0.1) is 11.3 Å². The van der Waals surface area contributed by atoms with Crippen molar-refractivity contribution < 1.29 is 13.2 Å². The first-order valence-electron chi connectivity index (χ1n) is 10.5. The second kappa shape index (κ2) is 8.98. The molecule has 2 aliphatic rings. The van der Waals surface area contributed by atoms with Gasteiger partial charge in [0.15, 0.2) is 0 Å². The second-order valence-electron chi connectivity index (χ2n) is 8.04. The van der Waals surface area contributed by atoms with E-state index in [2.05, 4.69) is 29.6 Å². The molecule has 5 nitrogen and oxygen atoms in total. The van der Waals surface area contributed by atoms with Gasteiger partial charge in [-0.05, 0) is 62.1 Å². The smallest absolute Gasteiger partial charge is 0.252 e. The average Bonchev–Trinajstić information content (AvgIpc) is 3.42. The number of rotatable bonds is 6. The van der Waals surface area contributed by atoms with Gasteiger partial charge in [0.2, 0.25) is 5.91 Å². The summed E-state index contributed by atoms with van der Waals surface area (Å²) < 4.78 is 27.2. The first-order valence-corrected chi connectivity index (χ1v) is 12.7. The van der Waals surface area contributed by atoms with Crippen LogP contribution in [-0.4, -0.2) is 37.8 Å². The molecule has 1 aliphatic carbocycles. The summed E-state index contributed by atoms with van der Waals surface area (Å²) in [5.74, 6) is 0.570. The van der Waals surface area contributed by atoms with E-state index in [-0.39, 0.29) is 18.4 Å². The molecule has 1 aromatic carbocycles. The summed E-state index contributed by atoms with van der Waals surface area (Å²) in [6.45, 7) is 1.20. The molecular weight excluding hydrogens is 404 g/mol. The maximum Gasteiger partial charge on any atom is 0.252 e. The first-order chi connectivity index (χ1) is 14.0. The minimum atomic E-state index is -3.39. The van der Waals surface area contributed by atoms with Crippen LogP contribution in [0.4, 0.5) is 0 Å². The van der Waals surface area contributed by atoms with Crippen molar-refractivity contribution >= 4 is 27.3 Å². The quantitative estimate of drug-likeness (QED) is 0.752. The highest BCUT2D eigenvalue weighted by atomic mass is 32.2. The van der Waals surface area contributed by atoms with Gasteiger partial charge in [0.1, 0.15) is 4.21 Å². The predicted molar refractivity (Wildman–Crippen MR) is 116 cm³/mol. The van der Waals surface area contributed by atoms with E-state index in [1.54, 1.807) is 16.4 Å². The zero-order valence-electron chi connectivity index (χ0n) is 16.5. The fraction of sp³-hybridized carbons (Fsp3) is 0.500. The molecule has 1 N–H and O–H groups in total. The molecule has 1 amide bonds. The number of nitrogens with one attached hydrogen (secondary N) is 1. The summed E-state index contributed by atoms with van der Waals surface area (Å²) in [5.41, 5.74) is 1.39. The SMILES string of the molecule is O=C(Cc1ccc(S(=O)(=O)N2CCCC2)s1)NC1CCC(c2ccccc2)CC1. The van der Waals surface area contributed by atoms with Gasteiger partial charge in [-0.3, -0.25) is 4.79 Å². The molecule has 0 radical (unpaired) electrons. The summed E-state index contributed by atoms with van der Waals surface area (Å²) >= 11 is 1.22. The topological polar surface area (TPSA) is 66.5 Å². The molecule has 4 rings (SSSR count). The predicted octanol–water partition coefficient (Wildman–Crippen LogP) is 3.92. The van der Waals surface area contributed by atoms with Crippen molar-refractivity contribution in [1.29, 1.82) is 0 Å². The Morgan fingerprint density at radius 3 is 2.38 bits per heavy atom. The number of hydrogen-bond donors (Lipinski definition) is 1. The Bertz CT molecular complexity index is 926. The van der Waals surface area contributed by atoms with Crippen molar-refractivity contribution in [1.82, 2.24) is 9.62 Å². The van der Waals surface area contributed by atoms with Crippen molar-refractivity contribution in [3.05, 3.63) is 52.9 Å². The zero-order valence-corrected chi connectivity index (χ0v) is 18.2. The molecule has 0 unspecified atom stereocenters. The van der Waals surface area contributed by atoms with Crippen LogP contribution >= 0.6 is 11.3 Å². The van der Waals surface area contributed by atoms with E-state index in [0.717, 1.165) is 43.4 Å². The first kappa shape index (κ1) is 20.6. The van der Waals surface area contributed by atoms with E-state index in [1.165, 1.54) is 16.9 Å². The van der Waals surface area contributed by atoms with Crippen molar-refractivity contribution in [3.8, 4) is 0 Å².